The maximum Gasteiger partial charge on any atom is 0.272 e. The SMILES string of the molecule is Cn1cc(N2CCN(c3ccc([N+](=O)[O-])cc3F)CC2=O)cn1. The van der Waals surface area contributed by atoms with E-state index >= 15 is 0 Å². The predicted molar refractivity (Wildman–Crippen MR) is 80.8 cm³/mol. The van der Waals surface area contributed by atoms with Gasteiger partial charge in [-0.15, -0.1) is 0 Å². The normalized spacial score (nSPS) is 15.1. The highest BCUT2D eigenvalue weighted by Crippen LogP contribution is 2.26. The third-order valence-corrected chi connectivity index (χ3v) is 3.71. The van der Waals surface area contributed by atoms with Gasteiger partial charge in [0.2, 0.25) is 5.91 Å². The van der Waals surface area contributed by atoms with Crippen LogP contribution >= 0.6 is 0 Å². The van der Waals surface area contributed by atoms with Crippen LogP contribution in [0.25, 0.3) is 0 Å². The molecule has 8 nitrogen and oxygen atoms in total. The Morgan fingerprint density at radius 3 is 2.70 bits per heavy atom. The van der Waals surface area contributed by atoms with Gasteiger partial charge < -0.3 is 9.80 Å². The fourth-order valence-electron chi connectivity index (χ4n) is 2.57. The second-order valence-electron chi connectivity index (χ2n) is 5.23. The zero-order valence-electron chi connectivity index (χ0n) is 12.3. The average molecular weight is 319 g/mol. The molecule has 0 bridgehead atoms. The van der Waals surface area contributed by atoms with E-state index in [-0.39, 0.29) is 23.8 Å². The molecule has 0 unspecified atom stereocenters. The number of anilines is 2. The Morgan fingerprint density at radius 2 is 2.13 bits per heavy atom. The monoisotopic (exact) mass is 319 g/mol. The lowest BCUT2D eigenvalue weighted by molar-refractivity contribution is -0.385. The summed E-state index contributed by atoms with van der Waals surface area (Å²) in [4.78, 5) is 25.5. The average Bonchev–Trinajstić information content (AvgIpc) is 2.93. The smallest absolute Gasteiger partial charge is 0.272 e. The molecule has 0 aliphatic carbocycles. The molecule has 0 N–H and O–H groups in total. The van der Waals surface area contributed by atoms with Gasteiger partial charge in [-0.3, -0.25) is 19.6 Å². The molecule has 1 saturated heterocycles. The largest absolute Gasteiger partial charge is 0.358 e. The molecule has 9 heteroatoms. The van der Waals surface area contributed by atoms with Crippen molar-refractivity contribution in [3.05, 3.63) is 46.5 Å². The Morgan fingerprint density at radius 1 is 1.35 bits per heavy atom. The van der Waals surface area contributed by atoms with Crippen LogP contribution in [0.4, 0.5) is 21.5 Å². The van der Waals surface area contributed by atoms with Gasteiger partial charge in [0.1, 0.15) is 0 Å². The molecule has 2 heterocycles. The summed E-state index contributed by atoms with van der Waals surface area (Å²) in [6.07, 6.45) is 3.33. The Hall–Kier alpha value is -2.97. The summed E-state index contributed by atoms with van der Waals surface area (Å²) < 4.78 is 15.7. The van der Waals surface area contributed by atoms with E-state index in [1.807, 2.05) is 0 Å². The summed E-state index contributed by atoms with van der Waals surface area (Å²) >= 11 is 0. The number of rotatable bonds is 3. The number of carbonyl (C=O) groups excluding carboxylic acids is 1. The molecule has 0 saturated carbocycles. The number of aromatic nitrogens is 2. The van der Waals surface area contributed by atoms with Crippen LogP contribution in [0.3, 0.4) is 0 Å². The van der Waals surface area contributed by atoms with Gasteiger partial charge in [0, 0.05) is 32.4 Å². The minimum Gasteiger partial charge on any atom is -0.358 e. The van der Waals surface area contributed by atoms with Gasteiger partial charge in [-0.05, 0) is 6.07 Å². The van der Waals surface area contributed by atoms with Crippen molar-refractivity contribution in [3.8, 4) is 0 Å². The topological polar surface area (TPSA) is 84.5 Å². The molecule has 3 rings (SSSR count). The first-order valence-corrected chi connectivity index (χ1v) is 6.93. The van der Waals surface area contributed by atoms with Gasteiger partial charge in [0.05, 0.1) is 35.1 Å². The number of piperazine rings is 1. The van der Waals surface area contributed by atoms with Crippen LogP contribution in [0, 0.1) is 15.9 Å². The van der Waals surface area contributed by atoms with E-state index in [0.29, 0.717) is 18.8 Å². The molecule has 0 radical (unpaired) electrons. The van der Waals surface area contributed by atoms with Crippen LogP contribution in [0.2, 0.25) is 0 Å². The first-order valence-electron chi connectivity index (χ1n) is 6.93. The predicted octanol–water partition coefficient (Wildman–Crippen LogP) is 1.32. The molecule has 0 atom stereocenters. The van der Waals surface area contributed by atoms with E-state index in [4.69, 9.17) is 0 Å². The van der Waals surface area contributed by atoms with Crippen molar-refractivity contribution >= 4 is 23.0 Å². The molecule has 1 aromatic heterocycles. The Bertz CT molecular complexity index is 776. The fourth-order valence-corrected chi connectivity index (χ4v) is 2.57. The number of amides is 1. The van der Waals surface area contributed by atoms with Gasteiger partial charge in [0.25, 0.3) is 5.69 Å². The number of hydrogen-bond acceptors (Lipinski definition) is 5. The summed E-state index contributed by atoms with van der Waals surface area (Å²) in [5.74, 6) is -0.885. The number of carbonyl (C=O) groups is 1. The van der Waals surface area contributed by atoms with Crippen molar-refractivity contribution in [2.45, 2.75) is 0 Å². The van der Waals surface area contributed by atoms with E-state index in [1.165, 1.54) is 12.1 Å². The molecule has 120 valence electrons. The molecule has 23 heavy (non-hydrogen) atoms. The second-order valence-corrected chi connectivity index (χ2v) is 5.23. The summed E-state index contributed by atoms with van der Waals surface area (Å²) in [7, 11) is 1.76. The summed E-state index contributed by atoms with van der Waals surface area (Å²) in [6.45, 7) is 0.819. The zero-order valence-corrected chi connectivity index (χ0v) is 12.3. The van der Waals surface area contributed by atoms with Crippen molar-refractivity contribution in [2.24, 2.45) is 7.05 Å². The lowest BCUT2D eigenvalue weighted by atomic mass is 10.2. The number of non-ortho nitro benzene ring substituents is 1. The van der Waals surface area contributed by atoms with Crippen molar-refractivity contribution in [2.75, 3.05) is 29.4 Å². The van der Waals surface area contributed by atoms with Crippen LogP contribution in [-0.2, 0) is 11.8 Å². The van der Waals surface area contributed by atoms with Crippen LogP contribution in [0.5, 0.6) is 0 Å². The number of nitrogens with zero attached hydrogens (tertiary/aromatic N) is 5. The van der Waals surface area contributed by atoms with Gasteiger partial charge in [0.15, 0.2) is 5.82 Å². The first-order chi connectivity index (χ1) is 11.0. The lowest BCUT2D eigenvalue weighted by Crippen LogP contribution is -2.50. The maximum absolute atomic E-state index is 14.1. The van der Waals surface area contributed by atoms with E-state index in [1.54, 1.807) is 33.9 Å². The Balaban J connectivity index is 1.77. The van der Waals surface area contributed by atoms with Crippen molar-refractivity contribution in [1.82, 2.24) is 9.78 Å². The second kappa shape index (κ2) is 5.67. The minimum absolute atomic E-state index is 0.00360. The van der Waals surface area contributed by atoms with Crippen molar-refractivity contribution < 1.29 is 14.1 Å². The highest BCUT2D eigenvalue weighted by molar-refractivity contribution is 5.97. The molecule has 1 aliphatic heterocycles. The molecular formula is C14H14FN5O3. The summed E-state index contributed by atoms with van der Waals surface area (Å²) in [5, 5.41) is 14.7. The number of benzene rings is 1. The Labute approximate surface area is 130 Å². The van der Waals surface area contributed by atoms with Gasteiger partial charge in [-0.1, -0.05) is 0 Å². The van der Waals surface area contributed by atoms with Crippen LogP contribution < -0.4 is 9.80 Å². The van der Waals surface area contributed by atoms with E-state index < -0.39 is 10.7 Å². The standard InChI is InChI=1S/C14H14FN5O3/c1-17-8-11(7-16-17)19-5-4-18(9-14(19)21)13-3-2-10(20(22)23)6-12(13)15/h2-3,6-8H,4-5,9H2,1H3. The lowest BCUT2D eigenvalue weighted by Gasteiger charge is -2.35. The molecule has 1 fully saturated rings. The zero-order chi connectivity index (χ0) is 16.6. The van der Waals surface area contributed by atoms with E-state index in [0.717, 1.165) is 6.07 Å². The molecular weight excluding hydrogens is 305 g/mol. The quantitative estimate of drug-likeness (QED) is 0.629. The molecule has 1 aliphatic rings. The van der Waals surface area contributed by atoms with Crippen LogP contribution in [0.1, 0.15) is 0 Å². The number of aryl methyl sites for hydroxylation is 1. The minimum atomic E-state index is -0.707. The third kappa shape index (κ3) is 2.85. The summed E-state index contributed by atoms with van der Waals surface area (Å²) in [5.41, 5.74) is 0.572. The van der Waals surface area contributed by atoms with Crippen LogP contribution in [-0.4, -0.2) is 40.2 Å². The van der Waals surface area contributed by atoms with Gasteiger partial charge >= 0.3 is 0 Å². The number of nitro groups is 1. The fraction of sp³-hybridized carbons (Fsp3) is 0.286. The Kier molecular flexibility index (Phi) is 3.68. The highest BCUT2D eigenvalue weighted by atomic mass is 19.1. The summed E-state index contributed by atoms with van der Waals surface area (Å²) in [6, 6.07) is 3.43. The van der Waals surface area contributed by atoms with E-state index in [2.05, 4.69) is 5.10 Å². The first kappa shape index (κ1) is 14.9. The molecule has 1 aromatic carbocycles. The number of nitro benzene ring substituents is 1. The van der Waals surface area contributed by atoms with E-state index in [9.17, 15) is 19.3 Å². The molecule has 0 spiro atoms. The van der Waals surface area contributed by atoms with Crippen LogP contribution in [0.15, 0.2) is 30.6 Å². The maximum atomic E-state index is 14.1. The number of halogens is 1. The van der Waals surface area contributed by atoms with Crippen molar-refractivity contribution in [3.63, 3.8) is 0 Å². The van der Waals surface area contributed by atoms with Crippen molar-refractivity contribution in [1.29, 1.82) is 0 Å². The van der Waals surface area contributed by atoms with Gasteiger partial charge in [-0.2, -0.15) is 5.10 Å². The number of hydrogen-bond donors (Lipinski definition) is 0. The van der Waals surface area contributed by atoms with Gasteiger partial charge in [-0.25, -0.2) is 4.39 Å². The highest BCUT2D eigenvalue weighted by Gasteiger charge is 2.27. The molecule has 1 amide bonds. The molecule has 2 aromatic rings. The third-order valence-electron chi connectivity index (χ3n) is 3.71.